The molecular weight excluding hydrogens is 412 g/mol. The SMILES string of the molecule is CN(Cc1nc2ccccc2s1)C(=O)CN1CCC[C@@H](c2nc3ccccc3s2)C1. The van der Waals surface area contributed by atoms with E-state index < -0.39 is 0 Å². The highest BCUT2D eigenvalue weighted by molar-refractivity contribution is 7.18. The van der Waals surface area contributed by atoms with Crippen LogP contribution in [-0.4, -0.2) is 52.4 Å². The second kappa shape index (κ2) is 8.41. The van der Waals surface area contributed by atoms with E-state index in [2.05, 4.69) is 34.1 Å². The smallest absolute Gasteiger partial charge is 0.236 e. The number of amides is 1. The maximum Gasteiger partial charge on any atom is 0.236 e. The minimum atomic E-state index is 0.152. The fourth-order valence-corrected chi connectivity index (χ4v) is 6.17. The van der Waals surface area contributed by atoms with Crippen molar-refractivity contribution in [2.45, 2.75) is 25.3 Å². The zero-order chi connectivity index (χ0) is 20.5. The highest BCUT2D eigenvalue weighted by atomic mass is 32.1. The summed E-state index contributed by atoms with van der Waals surface area (Å²) in [4.78, 5) is 26.5. The Kier molecular flexibility index (Phi) is 5.50. The number of carbonyl (C=O) groups is 1. The molecule has 2 aromatic heterocycles. The summed E-state index contributed by atoms with van der Waals surface area (Å²) in [6.07, 6.45) is 2.25. The molecule has 0 aliphatic carbocycles. The molecule has 0 saturated carbocycles. The number of para-hydroxylation sites is 2. The molecule has 5 nitrogen and oxygen atoms in total. The Morgan fingerprint density at radius 2 is 1.77 bits per heavy atom. The third kappa shape index (κ3) is 4.10. The normalized spacial score (nSPS) is 17.6. The first-order valence-corrected chi connectivity index (χ1v) is 12.0. The molecule has 0 N–H and O–H groups in total. The van der Waals surface area contributed by atoms with Crippen molar-refractivity contribution in [1.82, 2.24) is 19.8 Å². The standard InChI is InChI=1S/C23H24N4OS2/c1-26(14-21-24-17-8-2-4-10-19(17)29-21)22(28)15-27-12-6-7-16(13-27)23-25-18-9-3-5-11-20(18)30-23/h2-5,8-11,16H,6-7,12-15H2,1H3/t16-/m1/s1. The maximum atomic E-state index is 12.9. The molecule has 0 radical (unpaired) electrons. The van der Waals surface area contributed by atoms with E-state index in [1.165, 1.54) is 14.4 Å². The minimum Gasteiger partial charge on any atom is -0.338 e. The van der Waals surface area contributed by atoms with Gasteiger partial charge in [0.05, 0.1) is 38.5 Å². The largest absolute Gasteiger partial charge is 0.338 e. The van der Waals surface area contributed by atoms with Crippen LogP contribution < -0.4 is 0 Å². The van der Waals surface area contributed by atoms with Crippen molar-refractivity contribution in [2.75, 3.05) is 26.7 Å². The summed E-state index contributed by atoms with van der Waals surface area (Å²) in [6.45, 7) is 2.90. The van der Waals surface area contributed by atoms with Gasteiger partial charge in [-0.1, -0.05) is 24.3 Å². The van der Waals surface area contributed by atoms with Gasteiger partial charge in [0, 0.05) is 19.5 Å². The van der Waals surface area contributed by atoms with Gasteiger partial charge in [-0.3, -0.25) is 9.69 Å². The van der Waals surface area contributed by atoms with Crippen LogP contribution in [0.5, 0.6) is 0 Å². The number of thiazole rings is 2. The van der Waals surface area contributed by atoms with Gasteiger partial charge in [-0.05, 0) is 43.7 Å². The van der Waals surface area contributed by atoms with Crippen molar-refractivity contribution >= 4 is 49.0 Å². The molecule has 7 heteroatoms. The van der Waals surface area contributed by atoms with Gasteiger partial charge in [-0.2, -0.15) is 0 Å². The molecule has 2 aromatic carbocycles. The molecule has 4 aromatic rings. The summed E-state index contributed by atoms with van der Waals surface area (Å²) in [7, 11) is 1.88. The van der Waals surface area contributed by atoms with Gasteiger partial charge in [0.15, 0.2) is 0 Å². The van der Waals surface area contributed by atoms with Gasteiger partial charge in [-0.15, -0.1) is 22.7 Å². The van der Waals surface area contributed by atoms with E-state index in [-0.39, 0.29) is 5.91 Å². The fraction of sp³-hybridized carbons (Fsp3) is 0.348. The summed E-state index contributed by atoms with van der Waals surface area (Å²) >= 11 is 3.46. The number of rotatable bonds is 5. The molecule has 1 amide bonds. The lowest BCUT2D eigenvalue weighted by atomic mass is 9.99. The van der Waals surface area contributed by atoms with E-state index >= 15 is 0 Å². The fourth-order valence-electron chi connectivity index (χ4n) is 4.06. The molecule has 5 rings (SSSR count). The lowest BCUT2D eigenvalue weighted by molar-refractivity contribution is -0.131. The molecule has 0 bridgehead atoms. The number of aromatic nitrogens is 2. The quantitative estimate of drug-likeness (QED) is 0.453. The number of piperidine rings is 1. The first-order chi connectivity index (χ1) is 14.7. The van der Waals surface area contributed by atoms with Crippen LogP contribution in [0.2, 0.25) is 0 Å². The molecule has 1 aliphatic rings. The lowest BCUT2D eigenvalue weighted by Crippen LogP contribution is -2.42. The van der Waals surface area contributed by atoms with Gasteiger partial charge >= 0.3 is 0 Å². The minimum absolute atomic E-state index is 0.152. The van der Waals surface area contributed by atoms with Gasteiger partial charge < -0.3 is 4.90 Å². The Labute approximate surface area is 184 Å². The summed E-state index contributed by atoms with van der Waals surface area (Å²) in [5, 5.41) is 2.19. The number of carbonyl (C=O) groups excluding carboxylic acids is 1. The van der Waals surface area contributed by atoms with Gasteiger partial charge in [0.25, 0.3) is 0 Å². The topological polar surface area (TPSA) is 49.3 Å². The van der Waals surface area contributed by atoms with Crippen molar-refractivity contribution in [3.63, 3.8) is 0 Å². The molecule has 154 valence electrons. The lowest BCUT2D eigenvalue weighted by Gasteiger charge is -2.32. The Hall–Kier alpha value is -2.35. The monoisotopic (exact) mass is 436 g/mol. The molecule has 1 atom stereocenters. The predicted octanol–water partition coefficient (Wildman–Crippen LogP) is 4.74. The van der Waals surface area contributed by atoms with Crippen LogP contribution in [0, 0.1) is 0 Å². The Balaban J connectivity index is 1.21. The van der Waals surface area contributed by atoms with Crippen LogP contribution in [-0.2, 0) is 11.3 Å². The van der Waals surface area contributed by atoms with Crippen LogP contribution in [0.15, 0.2) is 48.5 Å². The molecular formula is C23H24N4OS2. The van der Waals surface area contributed by atoms with Crippen LogP contribution in [0.25, 0.3) is 20.4 Å². The van der Waals surface area contributed by atoms with Gasteiger partial charge in [0.2, 0.25) is 5.91 Å². The first kappa shape index (κ1) is 19.6. The molecule has 1 aliphatic heterocycles. The third-order valence-corrected chi connectivity index (χ3v) is 7.88. The van der Waals surface area contributed by atoms with E-state index in [9.17, 15) is 4.79 Å². The molecule has 30 heavy (non-hydrogen) atoms. The van der Waals surface area contributed by atoms with Crippen LogP contribution in [0.1, 0.15) is 28.8 Å². The molecule has 3 heterocycles. The van der Waals surface area contributed by atoms with E-state index in [4.69, 9.17) is 4.98 Å². The zero-order valence-corrected chi connectivity index (χ0v) is 18.6. The van der Waals surface area contributed by atoms with Crippen LogP contribution >= 0.6 is 22.7 Å². The highest BCUT2D eigenvalue weighted by Crippen LogP contribution is 2.33. The van der Waals surface area contributed by atoms with Gasteiger partial charge in [-0.25, -0.2) is 9.97 Å². The number of hydrogen-bond donors (Lipinski definition) is 0. The van der Waals surface area contributed by atoms with Crippen molar-refractivity contribution in [1.29, 1.82) is 0 Å². The van der Waals surface area contributed by atoms with E-state index in [1.54, 1.807) is 27.6 Å². The van der Waals surface area contributed by atoms with E-state index in [0.717, 1.165) is 42.0 Å². The van der Waals surface area contributed by atoms with Crippen molar-refractivity contribution in [3.05, 3.63) is 58.5 Å². The molecule has 1 fully saturated rings. The summed E-state index contributed by atoms with van der Waals surface area (Å²) < 4.78 is 2.42. The number of likely N-dealkylation sites (N-methyl/N-ethyl adjacent to an activating group) is 1. The molecule has 0 spiro atoms. The van der Waals surface area contributed by atoms with E-state index in [0.29, 0.717) is 19.0 Å². The second-order valence-corrected chi connectivity index (χ2v) is 10.1. The Morgan fingerprint density at radius 3 is 2.50 bits per heavy atom. The van der Waals surface area contributed by atoms with E-state index in [1.807, 2.05) is 31.3 Å². The van der Waals surface area contributed by atoms with Gasteiger partial charge in [0.1, 0.15) is 5.01 Å². The number of benzene rings is 2. The summed E-state index contributed by atoms with van der Waals surface area (Å²) in [5.41, 5.74) is 2.09. The maximum absolute atomic E-state index is 12.9. The number of hydrogen-bond acceptors (Lipinski definition) is 6. The van der Waals surface area contributed by atoms with Crippen LogP contribution in [0.4, 0.5) is 0 Å². The number of likely N-dealkylation sites (tertiary alicyclic amines) is 1. The Morgan fingerprint density at radius 1 is 1.07 bits per heavy atom. The average Bonchev–Trinajstić information content (AvgIpc) is 3.37. The third-order valence-electron chi connectivity index (χ3n) is 5.66. The summed E-state index contributed by atoms with van der Waals surface area (Å²) in [6, 6.07) is 16.4. The predicted molar refractivity (Wildman–Crippen MR) is 124 cm³/mol. The highest BCUT2D eigenvalue weighted by Gasteiger charge is 2.26. The summed E-state index contributed by atoms with van der Waals surface area (Å²) in [5.74, 6) is 0.567. The van der Waals surface area contributed by atoms with Crippen molar-refractivity contribution in [3.8, 4) is 0 Å². The average molecular weight is 437 g/mol. The Bertz CT molecular complexity index is 1120. The molecule has 0 unspecified atom stereocenters. The van der Waals surface area contributed by atoms with Crippen molar-refractivity contribution in [2.24, 2.45) is 0 Å². The molecule has 1 saturated heterocycles. The van der Waals surface area contributed by atoms with Crippen molar-refractivity contribution < 1.29 is 4.79 Å². The zero-order valence-electron chi connectivity index (χ0n) is 17.0. The number of nitrogens with zero attached hydrogens (tertiary/aromatic N) is 4. The van der Waals surface area contributed by atoms with Crippen LogP contribution in [0.3, 0.4) is 0 Å². The number of fused-ring (bicyclic) bond motifs is 2. The first-order valence-electron chi connectivity index (χ1n) is 10.3. The second-order valence-electron chi connectivity index (χ2n) is 7.92.